The van der Waals surface area contributed by atoms with E-state index >= 15 is 0 Å². The summed E-state index contributed by atoms with van der Waals surface area (Å²) in [5, 5.41) is 9.29. The van der Waals surface area contributed by atoms with Crippen molar-refractivity contribution in [3.05, 3.63) is 0 Å². The molecule has 0 saturated carbocycles. The van der Waals surface area contributed by atoms with Crippen LogP contribution in [0.3, 0.4) is 0 Å². The normalized spacial score (nSPS) is 23.4. The second-order valence-corrected chi connectivity index (χ2v) is 5.55. The highest BCUT2D eigenvalue weighted by molar-refractivity contribution is 5.83. The summed E-state index contributed by atoms with van der Waals surface area (Å²) in [4.78, 5) is 25.0. The SMILES string of the molecule is CCCCCCC(=O)N1CCC(CC)CC1C(=O)O. The Kier molecular flexibility index (Phi) is 6.89. The van der Waals surface area contributed by atoms with Gasteiger partial charge in [0.2, 0.25) is 5.91 Å². The van der Waals surface area contributed by atoms with Gasteiger partial charge < -0.3 is 10.0 Å². The Hall–Kier alpha value is -1.06. The van der Waals surface area contributed by atoms with Crippen molar-refractivity contribution >= 4 is 11.9 Å². The van der Waals surface area contributed by atoms with Crippen LogP contribution in [-0.2, 0) is 9.59 Å². The first-order chi connectivity index (χ1) is 9.10. The molecule has 2 atom stereocenters. The first-order valence-electron chi connectivity index (χ1n) is 7.62. The third-order valence-corrected chi connectivity index (χ3v) is 4.14. The molecule has 1 amide bonds. The molecular formula is C15H27NO3. The van der Waals surface area contributed by atoms with E-state index in [0.717, 1.165) is 38.5 Å². The molecule has 1 aliphatic heterocycles. The van der Waals surface area contributed by atoms with Gasteiger partial charge in [-0.2, -0.15) is 0 Å². The Morgan fingerprint density at radius 2 is 1.95 bits per heavy atom. The topological polar surface area (TPSA) is 57.6 Å². The van der Waals surface area contributed by atoms with Crippen LogP contribution in [0.1, 0.15) is 65.2 Å². The van der Waals surface area contributed by atoms with Crippen molar-refractivity contribution in [3.63, 3.8) is 0 Å². The molecule has 1 heterocycles. The fourth-order valence-electron chi connectivity index (χ4n) is 2.79. The van der Waals surface area contributed by atoms with E-state index in [9.17, 15) is 14.7 Å². The Morgan fingerprint density at radius 1 is 1.21 bits per heavy atom. The fourth-order valence-corrected chi connectivity index (χ4v) is 2.79. The van der Waals surface area contributed by atoms with Crippen LogP contribution >= 0.6 is 0 Å². The van der Waals surface area contributed by atoms with Crippen molar-refractivity contribution in [2.75, 3.05) is 6.54 Å². The minimum absolute atomic E-state index is 0.0260. The highest BCUT2D eigenvalue weighted by Gasteiger charge is 2.35. The van der Waals surface area contributed by atoms with Crippen molar-refractivity contribution in [3.8, 4) is 0 Å². The Balaban J connectivity index is 2.49. The zero-order valence-corrected chi connectivity index (χ0v) is 12.2. The second-order valence-electron chi connectivity index (χ2n) is 5.55. The monoisotopic (exact) mass is 269 g/mol. The maximum absolute atomic E-state index is 12.1. The minimum atomic E-state index is -0.847. The summed E-state index contributed by atoms with van der Waals surface area (Å²) in [7, 11) is 0. The van der Waals surface area contributed by atoms with E-state index in [4.69, 9.17) is 0 Å². The quantitative estimate of drug-likeness (QED) is 0.723. The molecule has 1 fully saturated rings. The maximum Gasteiger partial charge on any atom is 0.326 e. The highest BCUT2D eigenvalue weighted by atomic mass is 16.4. The fraction of sp³-hybridized carbons (Fsp3) is 0.867. The van der Waals surface area contributed by atoms with E-state index in [1.54, 1.807) is 4.90 Å². The average Bonchev–Trinajstić information content (AvgIpc) is 2.42. The smallest absolute Gasteiger partial charge is 0.326 e. The molecule has 19 heavy (non-hydrogen) atoms. The van der Waals surface area contributed by atoms with Crippen LogP contribution in [0.4, 0.5) is 0 Å². The molecule has 0 radical (unpaired) electrons. The minimum Gasteiger partial charge on any atom is -0.480 e. The third kappa shape index (κ3) is 4.84. The maximum atomic E-state index is 12.1. The van der Waals surface area contributed by atoms with Gasteiger partial charge in [0.15, 0.2) is 0 Å². The molecule has 1 saturated heterocycles. The largest absolute Gasteiger partial charge is 0.480 e. The number of carbonyl (C=O) groups is 2. The van der Waals surface area contributed by atoms with Gasteiger partial charge in [0, 0.05) is 13.0 Å². The van der Waals surface area contributed by atoms with Crippen LogP contribution < -0.4 is 0 Å². The van der Waals surface area contributed by atoms with E-state index < -0.39 is 12.0 Å². The van der Waals surface area contributed by atoms with E-state index in [2.05, 4.69) is 13.8 Å². The van der Waals surface area contributed by atoms with Crippen LogP contribution in [0.15, 0.2) is 0 Å². The average molecular weight is 269 g/mol. The number of hydrogen-bond acceptors (Lipinski definition) is 2. The lowest BCUT2D eigenvalue weighted by molar-refractivity contribution is -0.153. The first-order valence-corrected chi connectivity index (χ1v) is 7.62. The lowest BCUT2D eigenvalue weighted by Crippen LogP contribution is -2.50. The number of carboxylic acids is 1. The number of amides is 1. The summed E-state index contributed by atoms with van der Waals surface area (Å²) in [6, 6.07) is -0.600. The van der Waals surface area contributed by atoms with Crippen LogP contribution in [0.25, 0.3) is 0 Å². The predicted octanol–water partition coefficient (Wildman–Crippen LogP) is 3.06. The summed E-state index contributed by atoms with van der Waals surface area (Å²) in [6.07, 6.45) is 7.30. The van der Waals surface area contributed by atoms with E-state index in [0.29, 0.717) is 25.3 Å². The first kappa shape index (κ1) is 16.0. The van der Waals surface area contributed by atoms with Crippen LogP contribution in [0.2, 0.25) is 0 Å². The number of carboxylic acid groups (broad SMARTS) is 1. The Bertz CT molecular complexity index is 304. The second kappa shape index (κ2) is 8.18. The molecule has 1 rings (SSSR count). The molecule has 2 unspecified atom stereocenters. The predicted molar refractivity (Wildman–Crippen MR) is 74.9 cm³/mol. The lowest BCUT2D eigenvalue weighted by Gasteiger charge is -2.37. The third-order valence-electron chi connectivity index (χ3n) is 4.14. The van der Waals surface area contributed by atoms with Gasteiger partial charge in [-0.15, -0.1) is 0 Å². The molecule has 0 bridgehead atoms. The van der Waals surface area contributed by atoms with Crippen molar-refractivity contribution in [2.24, 2.45) is 5.92 Å². The highest BCUT2D eigenvalue weighted by Crippen LogP contribution is 2.26. The number of piperidine rings is 1. The number of unbranched alkanes of at least 4 members (excludes halogenated alkanes) is 3. The molecule has 4 heteroatoms. The molecule has 1 N–H and O–H groups in total. The number of hydrogen-bond donors (Lipinski definition) is 1. The van der Waals surface area contributed by atoms with E-state index in [1.807, 2.05) is 0 Å². The molecule has 4 nitrogen and oxygen atoms in total. The number of carbonyl (C=O) groups excluding carboxylic acids is 1. The van der Waals surface area contributed by atoms with Gasteiger partial charge >= 0.3 is 5.97 Å². The molecule has 0 spiro atoms. The summed E-state index contributed by atoms with van der Waals surface area (Å²) in [6.45, 7) is 4.84. The lowest BCUT2D eigenvalue weighted by atomic mass is 9.88. The van der Waals surface area contributed by atoms with Gasteiger partial charge in [0.05, 0.1) is 0 Å². The van der Waals surface area contributed by atoms with Gasteiger partial charge in [-0.3, -0.25) is 4.79 Å². The number of rotatable bonds is 7. The Morgan fingerprint density at radius 3 is 2.53 bits per heavy atom. The van der Waals surface area contributed by atoms with E-state index in [-0.39, 0.29) is 5.91 Å². The van der Waals surface area contributed by atoms with Crippen LogP contribution in [0.5, 0.6) is 0 Å². The van der Waals surface area contributed by atoms with Gasteiger partial charge in [-0.05, 0) is 25.2 Å². The summed E-state index contributed by atoms with van der Waals surface area (Å²) in [5.74, 6) is -0.372. The molecule has 0 aromatic heterocycles. The summed E-state index contributed by atoms with van der Waals surface area (Å²) < 4.78 is 0. The van der Waals surface area contributed by atoms with Crippen molar-refractivity contribution < 1.29 is 14.7 Å². The van der Waals surface area contributed by atoms with Crippen LogP contribution in [0, 0.1) is 5.92 Å². The van der Waals surface area contributed by atoms with Crippen molar-refractivity contribution in [1.82, 2.24) is 4.90 Å². The molecule has 1 aliphatic rings. The van der Waals surface area contributed by atoms with Gasteiger partial charge in [0.25, 0.3) is 0 Å². The van der Waals surface area contributed by atoms with Crippen molar-refractivity contribution in [2.45, 2.75) is 71.3 Å². The molecular weight excluding hydrogens is 242 g/mol. The summed E-state index contributed by atoms with van der Waals surface area (Å²) in [5.41, 5.74) is 0. The molecule has 110 valence electrons. The number of likely N-dealkylation sites (tertiary alicyclic amines) is 1. The molecule has 0 aromatic rings. The van der Waals surface area contributed by atoms with E-state index in [1.165, 1.54) is 0 Å². The van der Waals surface area contributed by atoms with Crippen molar-refractivity contribution in [1.29, 1.82) is 0 Å². The van der Waals surface area contributed by atoms with Gasteiger partial charge in [-0.1, -0.05) is 39.5 Å². The zero-order chi connectivity index (χ0) is 14.3. The summed E-state index contributed by atoms with van der Waals surface area (Å²) >= 11 is 0. The molecule has 0 aliphatic carbocycles. The zero-order valence-electron chi connectivity index (χ0n) is 12.2. The number of aliphatic carboxylic acids is 1. The standard InChI is InChI=1S/C15H27NO3/c1-3-5-6-7-8-14(17)16-10-9-12(4-2)11-13(16)15(18)19/h12-13H,3-11H2,1-2H3,(H,18,19). The van der Waals surface area contributed by atoms with Gasteiger partial charge in [0.1, 0.15) is 6.04 Å². The van der Waals surface area contributed by atoms with Crippen LogP contribution in [-0.4, -0.2) is 34.5 Å². The number of nitrogens with zero attached hydrogens (tertiary/aromatic N) is 1. The van der Waals surface area contributed by atoms with Gasteiger partial charge in [-0.25, -0.2) is 4.79 Å². The Labute approximate surface area is 116 Å². The molecule has 0 aromatic carbocycles.